The van der Waals surface area contributed by atoms with Crippen LogP contribution in [0.15, 0.2) is 170 Å². The molecule has 6 heteroatoms. The number of esters is 3. The van der Waals surface area contributed by atoms with Crippen LogP contribution >= 0.6 is 0 Å². The molecule has 0 aromatic heterocycles. The van der Waals surface area contributed by atoms with E-state index in [1.807, 2.05) is 0 Å². The van der Waals surface area contributed by atoms with Gasteiger partial charge in [0, 0.05) is 19.3 Å². The van der Waals surface area contributed by atoms with Crippen LogP contribution < -0.4 is 0 Å². The molecule has 0 aromatic rings. The predicted molar refractivity (Wildman–Crippen MR) is 315 cm³/mol. The average molecular weight is 1000 g/mol. The van der Waals surface area contributed by atoms with Crippen LogP contribution in [0.1, 0.15) is 213 Å². The van der Waals surface area contributed by atoms with E-state index in [0.29, 0.717) is 12.8 Å². The Bertz CT molecular complexity index is 1720. The summed E-state index contributed by atoms with van der Waals surface area (Å²) in [6.45, 7) is 6.19. The second-order valence-electron chi connectivity index (χ2n) is 18.0. The molecule has 406 valence electrons. The van der Waals surface area contributed by atoms with Gasteiger partial charge in [0.2, 0.25) is 0 Å². The first kappa shape index (κ1) is 67.8. The SMILES string of the molecule is CC/C=C\C/C=C\C/C=C\C/C=C\C/C=C\CCCCCC(=O)OCC(COC(=O)CCC/C=C\C/C=C\C/C=C\C/C=C\C/C=C\CC)OC(=O)CCCCCCCC/C=C\C/C=C\C/C=C\C/C=C\CC. The lowest BCUT2D eigenvalue weighted by Gasteiger charge is -2.18. The molecular weight excluding hydrogens is 901 g/mol. The summed E-state index contributed by atoms with van der Waals surface area (Å²) in [6, 6.07) is 0. The van der Waals surface area contributed by atoms with Crippen molar-refractivity contribution >= 4 is 17.9 Å². The molecule has 6 nitrogen and oxygen atoms in total. The van der Waals surface area contributed by atoms with Gasteiger partial charge in [0.05, 0.1) is 0 Å². The molecule has 73 heavy (non-hydrogen) atoms. The molecule has 0 fully saturated rings. The Kier molecular flexibility index (Phi) is 55.1. The van der Waals surface area contributed by atoms with Crippen LogP contribution in [0.5, 0.6) is 0 Å². The van der Waals surface area contributed by atoms with Gasteiger partial charge < -0.3 is 14.2 Å². The first-order valence-electron chi connectivity index (χ1n) is 28.6. The normalized spacial score (nSPS) is 13.4. The van der Waals surface area contributed by atoms with Crippen LogP contribution in [-0.4, -0.2) is 37.2 Å². The zero-order chi connectivity index (χ0) is 52.9. The number of allylic oxidation sites excluding steroid dienone is 28. The predicted octanol–water partition coefficient (Wildman–Crippen LogP) is 19.5. The van der Waals surface area contributed by atoms with Crippen molar-refractivity contribution in [2.45, 2.75) is 219 Å². The Morgan fingerprint density at radius 3 is 0.836 bits per heavy atom. The molecule has 0 aliphatic carbocycles. The summed E-state index contributed by atoms with van der Waals surface area (Å²) in [5.74, 6) is -1.04. The molecule has 0 saturated heterocycles. The van der Waals surface area contributed by atoms with Crippen LogP contribution in [0.25, 0.3) is 0 Å². The van der Waals surface area contributed by atoms with Gasteiger partial charge in [-0.1, -0.05) is 223 Å². The summed E-state index contributed by atoms with van der Waals surface area (Å²) >= 11 is 0. The second kappa shape index (κ2) is 59.3. The van der Waals surface area contributed by atoms with Crippen LogP contribution in [0.4, 0.5) is 0 Å². The minimum atomic E-state index is -0.833. The Hall–Kier alpha value is -5.23. The summed E-state index contributed by atoms with van der Waals surface area (Å²) in [7, 11) is 0. The molecule has 0 aliphatic heterocycles. The number of carbonyl (C=O) groups is 3. The summed E-state index contributed by atoms with van der Waals surface area (Å²) in [6.07, 6.45) is 87.7. The minimum Gasteiger partial charge on any atom is -0.462 e. The fourth-order valence-corrected chi connectivity index (χ4v) is 7.02. The number of carbonyl (C=O) groups excluding carboxylic acids is 3. The fraction of sp³-hybridized carbons (Fsp3) is 0.537. The highest BCUT2D eigenvalue weighted by molar-refractivity contribution is 5.71. The number of unbranched alkanes of at least 4 members (excludes halogenated alkanes) is 10. The largest absolute Gasteiger partial charge is 0.462 e. The molecule has 1 atom stereocenters. The van der Waals surface area contributed by atoms with Gasteiger partial charge in [0.1, 0.15) is 13.2 Å². The lowest BCUT2D eigenvalue weighted by Crippen LogP contribution is -2.30. The Balaban J connectivity index is 4.61. The highest BCUT2D eigenvalue weighted by Crippen LogP contribution is 2.12. The van der Waals surface area contributed by atoms with Crippen molar-refractivity contribution in [2.75, 3.05) is 13.2 Å². The molecule has 0 amide bonds. The molecule has 0 aliphatic rings. The van der Waals surface area contributed by atoms with E-state index in [-0.39, 0.29) is 44.0 Å². The third kappa shape index (κ3) is 57.5. The third-order valence-corrected chi connectivity index (χ3v) is 11.2. The third-order valence-electron chi connectivity index (χ3n) is 11.2. The zero-order valence-electron chi connectivity index (χ0n) is 46.3. The number of hydrogen-bond acceptors (Lipinski definition) is 6. The first-order chi connectivity index (χ1) is 36.0. The lowest BCUT2D eigenvalue weighted by molar-refractivity contribution is -0.167. The molecule has 0 aromatic carbocycles. The molecule has 0 bridgehead atoms. The monoisotopic (exact) mass is 1000 g/mol. The fourth-order valence-electron chi connectivity index (χ4n) is 7.02. The van der Waals surface area contributed by atoms with Crippen LogP contribution in [0.3, 0.4) is 0 Å². The molecule has 0 rings (SSSR count). The molecule has 0 saturated carbocycles. The van der Waals surface area contributed by atoms with E-state index >= 15 is 0 Å². The summed E-state index contributed by atoms with van der Waals surface area (Å²) in [4.78, 5) is 38.2. The molecule has 1 unspecified atom stereocenters. The van der Waals surface area contributed by atoms with Crippen molar-refractivity contribution in [3.8, 4) is 0 Å². The smallest absolute Gasteiger partial charge is 0.306 e. The Morgan fingerprint density at radius 2 is 0.507 bits per heavy atom. The van der Waals surface area contributed by atoms with E-state index in [4.69, 9.17) is 14.2 Å². The second-order valence-corrected chi connectivity index (χ2v) is 18.0. The van der Waals surface area contributed by atoms with Crippen molar-refractivity contribution in [1.29, 1.82) is 0 Å². The van der Waals surface area contributed by atoms with E-state index in [9.17, 15) is 14.4 Å². The van der Waals surface area contributed by atoms with Crippen LogP contribution in [0, 0.1) is 0 Å². The molecular formula is C67H102O6. The van der Waals surface area contributed by atoms with Crippen molar-refractivity contribution in [3.63, 3.8) is 0 Å². The summed E-state index contributed by atoms with van der Waals surface area (Å²) < 4.78 is 16.8. The van der Waals surface area contributed by atoms with Gasteiger partial charge in [-0.2, -0.15) is 0 Å². The minimum absolute atomic E-state index is 0.128. The van der Waals surface area contributed by atoms with Crippen molar-refractivity contribution in [3.05, 3.63) is 170 Å². The van der Waals surface area contributed by atoms with Crippen molar-refractivity contribution in [1.82, 2.24) is 0 Å². The standard InChI is InChI=1S/C67H102O6/c1-4-7-10-13-16-19-22-25-28-31-33-36-39-42-45-48-51-54-57-60-66(69)72-63-64(62-71-65(68)59-56-53-50-47-44-41-38-35-30-27-24-21-18-15-12-9-6-3)73-67(70)61-58-55-52-49-46-43-40-37-34-32-29-26-23-20-17-14-11-8-5-2/h7-12,16-21,25-30,33-34,36-38,41-42,45,47,50,64H,4-6,13-15,22-24,31-32,35,39-40,43-44,46,48-49,51-63H2,1-3H3/b10-7-,11-8-,12-9-,19-16-,20-17-,21-18-,28-25-,29-26-,30-27-,36-33-,37-34-,41-38-,45-42-,50-47-. The number of ether oxygens (including phenoxy) is 3. The number of hydrogen-bond donors (Lipinski definition) is 0. The summed E-state index contributed by atoms with van der Waals surface area (Å²) in [5, 5.41) is 0. The van der Waals surface area contributed by atoms with Gasteiger partial charge in [-0.15, -0.1) is 0 Å². The van der Waals surface area contributed by atoms with Crippen LogP contribution in [0.2, 0.25) is 0 Å². The van der Waals surface area contributed by atoms with E-state index in [2.05, 4.69) is 191 Å². The summed E-state index contributed by atoms with van der Waals surface area (Å²) in [5.41, 5.74) is 0. The van der Waals surface area contributed by atoms with E-state index in [0.717, 1.165) is 154 Å². The maximum absolute atomic E-state index is 12.9. The van der Waals surface area contributed by atoms with E-state index in [1.165, 1.54) is 12.8 Å². The highest BCUT2D eigenvalue weighted by Gasteiger charge is 2.19. The van der Waals surface area contributed by atoms with Crippen molar-refractivity contribution < 1.29 is 28.6 Å². The lowest BCUT2D eigenvalue weighted by atomic mass is 10.1. The van der Waals surface area contributed by atoms with Gasteiger partial charge in [-0.3, -0.25) is 14.4 Å². The average Bonchev–Trinajstić information content (AvgIpc) is 3.39. The van der Waals surface area contributed by atoms with Gasteiger partial charge >= 0.3 is 17.9 Å². The molecule has 0 N–H and O–H groups in total. The first-order valence-corrected chi connectivity index (χ1v) is 28.6. The van der Waals surface area contributed by atoms with Crippen molar-refractivity contribution in [2.24, 2.45) is 0 Å². The Morgan fingerprint density at radius 1 is 0.274 bits per heavy atom. The number of rotatable bonds is 49. The van der Waals surface area contributed by atoms with Gasteiger partial charge in [-0.25, -0.2) is 0 Å². The molecule has 0 heterocycles. The highest BCUT2D eigenvalue weighted by atomic mass is 16.6. The van der Waals surface area contributed by atoms with Gasteiger partial charge in [0.15, 0.2) is 6.10 Å². The zero-order valence-corrected chi connectivity index (χ0v) is 46.3. The maximum Gasteiger partial charge on any atom is 0.306 e. The van der Waals surface area contributed by atoms with E-state index in [1.54, 1.807) is 0 Å². The topological polar surface area (TPSA) is 78.9 Å². The maximum atomic E-state index is 12.9. The quantitative estimate of drug-likeness (QED) is 0.0261. The van der Waals surface area contributed by atoms with Crippen LogP contribution in [-0.2, 0) is 28.6 Å². The molecule has 0 spiro atoms. The van der Waals surface area contributed by atoms with Gasteiger partial charge in [-0.05, 0) is 141 Å². The molecule has 0 radical (unpaired) electrons. The Labute approximate surface area is 447 Å². The van der Waals surface area contributed by atoms with E-state index < -0.39 is 6.10 Å². The van der Waals surface area contributed by atoms with Gasteiger partial charge in [0.25, 0.3) is 0 Å².